The summed E-state index contributed by atoms with van der Waals surface area (Å²) in [5.74, 6) is -0.181. The Labute approximate surface area is 97.1 Å². The average Bonchev–Trinajstić information content (AvgIpc) is 2.38. The minimum absolute atomic E-state index is 0.136. The molecule has 0 aliphatic rings. The molecule has 0 fully saturated rings. The molecule has 1 aromatic carbocycles. The maximum atomic E-state index is 13.2. The van der Waals surface area contributed by atoms with Gasteiger partial charge in [0.1, 0.15) is 5.69 Å². The number of hydrogen-bond acceptors (Lipinski definition) is 4. The first-order chi connectivity index (χ1) is 8.29. The molecule has 0 radical (unpaired) electrons. The van der Waals surface area contributed by atoms with E-state index in [0.717, 1.165) is 0 Å². The molecule has 4 nitrogen and oxygen atoms in total. The predicted molar refractivity (Wildman–Crippen MR) is 59.5 cm³/mol. The molecule has 82 valence electrons. The third-order valence-corrected chi connectivity index (χ3v) is 1.99. The van der Waals surface area contributed by atoms with Gasteiger partial charge < -0.3 is 0 Å². The first kappa shape index (κ1) is 10.9. The summed E-state index contributed by atoms with van der Waals surface area (Å²) in [6.45, 7) is 0. The van der Waals surface area contributed by atoms with E-state index >= 15 is 0 Å². The van der Waals surface area contributed by atoms with Gasteiger partial charge in [-0.2, -0.15) is 5.26 Å². The molecule has 0 saturated carbocycles. The summed E-state index contributed by atoms with van der Waals surface area (Å²) in [5.41, 5.74) is 0.569. The van der Waals surface area contributed by atoms with Gasteiger partial charge in [-0.25, -0.2) is 9.37 Å². The highest BCUT2D eigenvalue weighted by molar-refractivity contribution is 5.40. The molecule has 0 aliphatic carbocycles. The van der Waals surface area contributed by atoms with Crippen LogP contribution in [0.15, 0.2) is 52.8 Å². The first-order valence-electron chi connectivity index (χ1n) is 4.82. The van der Waals surface area contributed by atoms with Crippen LogP contribution in [0.1, 0.15) is 5.56 Å². The Hall–Kier alpha value is -2.61. The smallest absolute Gasteiger partial charge is 0.175 e. The second-order valence-corrected chi connectivity index (χ2v) is 3.17. The molecular weight excluding hydrogens is 219 g/mol. The van der Waals surface area contributed by atoms with E-state index in [2.05, 4.69) is 15.2 Å². The lowest BCUT2D eigenvalue weighted by Gasteiger charge is -1.94. The highest BCUT2D eigenvalue weighted by atomic mass is 19.1. The number of benzene rings is 1. The summed E-state index contributed by atoms with van der Waals surface area (Å²) in [5, 5.41) is 16.2. The topological polar surface area (TPSA) is 61.4 Å². The van der Waals surface area contributed by atoms with E-state index in [0.29, 0.717) is 5.56 Å². The van der Waals surface area contributed by atoms with E-state index < -0.39 is 5.82 Å². The number of nitrogens with zero attached hydrogens (tertiary/aromatic N) is 4. The van der Waals surface area contributed by atoms with Crippen molar-refractivity contribution < 1.29 is 4.39 Å². The van der Waals surface area contributed by atoms with Gasteiger partial charge in [-0.1, -0.05) is 12.1 Å². The molecule has 0 bridgehead atoms. The van der Waals surface area contributed by atoms with E-state index in [1.165, 1.54) is 24.4 Å². The SMILES string of the molecule is N#Cc1ccnc(N=Nc2ccccc2F)c1. The van der Waals surface area contributed by atoms with Crippen LogP contribution in [0.25, 0.3) is 0 Å². The van der Waals surface area contributed by atoms with E-state index in [1.54, 1.807) is 18.2 Å². The van der Waals surface area contributed by atoms with Gasteiger partial charge in [-0.3, -0.25) is 0 Å². The zero-order valence-electron chi connectivity index (χ0n) is 8.71. The lowest BCUT2D eigenvalue weighted by Crippen LogP contribution is -1.77. The number of halogens is 1. The van der Waals surface area contributed by atoms with Crippen LogP contribution in [0.3, 0.4) is 0 Å². The normalized spacial score (nSPS) is 10.4. The van der Waals surface area contributed by atoms with Crippen LogP contribution in [-0.2, 0) is 0 Å². The molecule has 17 heavy (non-hydrogen) atoms. The van der Waals surface area contributed by atoms with Crippen LogP contribution in [0.5, 0.6) is 0 Å². The molecule has 0 atom stereocenters. The molecule has 0 amide bonds. The average molecular weight is 226 g/mol. The fraction of sp³-hybridized carbons (Fsp3) is 0. The molecule has 5 heteroatoms. The van der Waals surface area contributed by atoms with Crippen molar-refractivity contribution in [3.8, 4) is 6.07 Å². The first-order valence-corrected chi connectivity index (χ1v) is 4.82. The molecule has 1 aromatic heterocycles. The van der Waals surface area contributed by atoms with Crippen molar-refractivity contribution in [1.82, 2.24) is 4.98 Å². The van der Waals surface area contributed by atoms with E-state index in [-0.39, 0.29) is 11.5 Å². The van der Waals surface area contributed by atoms with Gasteiger partial charge >= 0.3 is 0 Å². The van der Waals surface area contributed by atoms with E-state index in [4.69, 9.17) is 5.26 Å². The van der Waals surface area contributed by atoms with Crippen molar-refractivity contribution in [2.75, 3.05) is 0 Å². The minimum atomic E-state index is -0.451. The zero-order chi connectivity index (χ0) is 12.1. The summed E-state index contributed by atoms with van der Waals surface area (Å²) in [7, 11) is 0. The summed E-state index contributed by atoms with van der Waals surface area (Å²) < 4.78 is 13.2. The van der Waals surface area contributed by atoms with E-state index in [1.807, 2.05) is 6.07 Å². The van der Waals surface area contributed by atoms with Gasteiger partial charge in [0, 0.05) is 12.3 Å². The van der Waals surface area contributed by atoms with Crippen molar-refractivity contribution in [2.45, 2.75) is 0 Å². The van der Waals surface area contributed by atoms with E-state index in [9.17, 15) is 4.39 Å². The molecule has 2 rings (SSSR count). The third kappa shape index (κ3) is 2.69. The molecule has 0 saturated heterocycles. The Morgan fingerprint density at radius 2 is 2.00 bits per heavy atom. The number of hydrogen-bond donors (Lipinski definition) is 0. The molecule has 0 spiro atoms. The van der Waals surface area contributed by atoms with Crippen LogP contribution >= 0.6 is 0 Å². The molecule has 2 aromatic rings. The summed E-state index contributed by atoms with van der Waals surface area (Å²) in [6, 6.07) is 11.0. The Bertz CT molecular complexity index is 601. The maximum Gasteiger partial charge on any atom is 0.175 e. The van der Waals surface area contributed by atoms with Crippen molar-refractivity contribution in [3.63, 3.8) is 0 Å². The second kappa shape index (κ2) is 4.94. The molecule has 0 N–H and O–H groups in total. The summed E-state index contributed by atoms with van der Waals surface area (Å²) in [6.07, 6.45) is 1.45. The number of nitriles is 1. The number of aromatic nitrogens is 1. The van der Waals surface area contributed by atoms with Crippen LogP contribution in [0, 0.1) is 17.1 Å². The van der Waals surface area contributed by atoms with Gasteiger partial charge in [-0.05, 0) is 18.2 Å². The largest absolute Gasteiger partial charge is 0.236 e. The van der Waals surface area contributed by atoms with Gasteiger partial charge in [0.2, 0.25) is 0 Å². The van der Waals surface area contributed by atoms with Crippen LogP contribution in [0.4, 0.5) is 15.9 Å². The Morgan fingerprint density at radius 3 is 2.76 bits per heavy atom. The molecule has 0 aliphatic heterocycles. The lowest BCUT2D eigenvalue weighted by molar-refractivity contribution is 0.628. The van der Waals surface area contributed by atoms with Gasteiger partial charge in [0.05, 0.1) is 11.6 Å². The lowest BCUT2D eigenvalue weighted by atomic mass is 10.3. The quantitative estimate of drug-likeness (QED) is 0.735. The fourth-order valence-electron chi connectivity index (χ4n) is 1.18. The monoisotopic (exact) mass is 226 g/mol. The van der Waals surface area contributed by atoms with Crippen molar-refractivity contribution in [2.24, 2.45) is 10.2 Å². The summed E-state index contributed by atoms with van der Waals surface area (Å²) in [4.78, 5) is 3.90. The molecule has 1 heterocycles. The number of pyridine rings is 1. The Balaban J connectivity index is 2.27. The van der Waals surface area contributed by atoms with Gasteiger partial charge in [0.25, 0.3) is 0 Å². The number of azo groups is 1. The highest BCUT2D eigenvalue weighted by Crippen LogP contribution is 2.19. The standard InChI is InChI=1S/C12H7FN4/c13-10-3-1-2-4-11(10)16-17-12-7-9(8-14)5-6-15-12/h1-7H. The van der Waals surface area contributed by atoms with Crippen molar-refractivity contribution in [1.29, 1.82) is 5.26 Å². The van der Waals surface area contributed by atoms with Crippen LogP contribution in [0.2, 0.25) is 0 Å². The Morgan fingerprint density at radius 1 is 1.18 bits per heavy atom. The maximum absolute atomic E-state index is 13.2. The van der Waals surface area contributed by atoms with Gasteiger partial charge in [-0.15, -0.1) is 10.2 Å². The second-order valence-electron chi connectivity index (χ2n) is 3.17. The van der Waals surface area contributed by atoms with Crippen LogP contribution in [-0.4, -0.2) is 4.98 Å². The Kier molecular flexibility index (Phi) is 3.17. The van der Waals surface area contributed by atoms with Gasteiger partial charge in [0.15, 0.2) is 11.6 Å². The predicted octanol–water partition coefficient (Wildman–Crippen LogP) is 3.51. The van der Waals surface area contributed by atoms with Crippen molar-refractivity contribution in [3.05, 3.63) is 54.0 Å². The van der Waals surface area contributed by atoms with Crippen LogP contribution < -0.4 is 0 Å². The third-order valence-electron chi connectivity index (χ3n) is 1.99. The summed E-state index contributed by atoms with van der Waals surface area (Å²) >= 11 is 0. The fourth-order valence-corrected chi connectivity index (χ4v) is 1.18. The minimum Gasteiger partial charge on any atom is -0.236 e. The highest BCUT2D eigenvalue weighted by Gasteiger charge is 1.98. The number of rotatable bonds is 2. The molecular formula is C12H7FN4. The molecule has 0 unspecified atom stereocenters. The van der Waals surface area contributed by atoms with Crippen molar-refractivity contribution >= 4 is 11.5 Å². The zero-order valence-corrected chi connectivity index (χ0v) is 8.71.